The van der Waals surface area contributed by atoms with E-state index in [0.29, 0.717) is 0 Å². The molecule has 4 heteroatoms. The van der Waals surface area contributed by atoms with E-state index in [2.05, 4.69) is 187 Å². The lowest BCUT2D eigenvalue weighted by Crippen LogP contribution is -2.61. The van der Waals surface area contributed by atoms with Crippen LogP contribution in [-0.2, 0) is 0 Å². The molecule has 0 aliphatic carbocycles. The molecule has 0 radical (unpaired) electrons. The summed E-state index contributed by atoms with van der Waals surface area (Å²) in [7, 11) is 0. The summed E-state index contributed by atoms with van der Waals surface area (Å²) in [5.74, 6) is 0. The van der Waals surface area contributed by atoms with Crippen molar-refractivity contribution >= 4 is 101 Å². The molecule has 0 spiro atoms. The van der Waals surface area contributed by atoms with Crippen LogP contribution >= 0.6 is 0 Å². The highest BCUT2D eigenvalue weighted by atomic mass is 14.8. The normalized spacial score (nSPS) is 15.0. The zero-order valence-electron chi connectivity index (χ0n) is 36.9. The van der Waals surface area contributed by atoms with Gasteiger partial charge in [-0.1, -0.05) is 189 Å². The first-order valence-corrected chi connectivity index (χ1v) is 22.8. The summed E-state index contributed by atoms with van der Waals surface area (Å²) in [6.45, 7) is 13.3. The molecular formula is C60H42B2N2. The zero-order valence-corrected chi connectivity index (χ0v) is 36.9. The number of rotatable bonds is 2. The number of hydrogen-bond donors (Lipinski definition) is 0. The molecule has 0 unspecified atom stereocenters. The Bertz CT molecular complexity index is 3570. The summed E-state index contributed by atoms with van der Waals surface area (Å²) in [6.07, 6.45) is 0. The van der Waals surface area contributed by atoms with Crippen LogP contribution < -0.4 is 32.8 Å². The van der Waals surface area contributed by atoms with Crippen molar-refractivity contribution in [1.29, 1.82) is 0 Å². The lowest BCUT2D eigenvalue weighted by atomic mass is 9.30. The maximum absolute atomic E-state index is 5.60. The molecule has 10 aromatic carbocycles. The maximum atomic E-state index is 5.60. The molecule has 298 valence electrons. The fraction of sp³-hybridized carbons (Fsp3) is 0.100. The van der Waals surface area contributed by atoms with E-state index in [9.17, 15) is 0 Å². The Labute approximate surface area is 374 Å². The maximum Gasteiger partial charge on any atom is 0.244 e. The van der Waals surface area contributed by atoms with Gasteiger partial charge in [-0.2, -0.15) is 0 Å². The number of aryl methyl sites for hydroxylation is 6. The summed E-state index contributed by atoms with van der Waals surface area (Å²) in [5, 5.41) is 8.19. The van der Waals surface area contributed by atoms with Crippen LogP contribution in [0.3, 0.4) is 0 Å². The molecule has 0 N–H and O–H groups in total. The van der Waals surface area contributed by atoms with Crippen LogP contribution in [0.5, 0.6) is 0 Å². The first-order valence-electron chi connectivity index (χ1n) is 22.8. The summed E-state index contributed by atoms with van der Waals surface area (Å²) in [6, 6.07) is 55.9. The fourth-order valence-electron chi connectivity index (χ4n) is 13.0. The first kappa shape index (κ1) is 36.2. The minimum Gasteiger partial charge on any atom is -0.247 e. The predicted molar refractivity (Wildman–Crippen MR) is 275 cm³/mol. The molecule has 0 atom stereocenters. The molecule has 0 fully saturated rings. The van der Waals surface area contributed by atoms with Crippen LogP contribution in [0.15, 0.2) is 156 Å². The molecular weight excluding hydrogens is 770 g/mol. The van der Waals surface area contributed by atoms with Crippen molar-refractivity contribution in [2.24, 2.45) is 9.98 Å². The monoisotopic (exact) mass is 812 g/mol. The van der Waals surface area contributed by atoms with E-state index in [1.54, 1.807) is 0 Å². The third-order valence-corrected chi connectivity index (χ3v) is 15.2. The zero-order chi connectivity index (χ0) is 42.9. The molecule has 2 nitrogen and oxygen atoms in total. The van der Waals surface area contributed by atoms with Gasteiger partial charge in [0.25, 0.3) is 0 Å². The second kappa shape index (κ2) is 12.7. The lowest BCUT2D eigenvalue weighted by Gasteiger charge is -2.37. The summed E-state index contributed by atoms with van der Waals surface area (Å²) < 4.78 is 0. The van der Waals surface area contributed by atoms with Gasteiger partial charge in [-0.05, 0) is 141 Å². The van der Waals surface area contributed by atoms with Gasteiger partial charge in [0.15, 0.2) is 0 Å². The number of hydrogen-bond acceptors (Lipinski definition) is 2. The van der Waals surface area contributed by atoms with Gasteiger partial charge in [-0.3, -0.25) is 0 Å². The molecule has 4 aliphatic rings. The molecule has 4 heterocycles. The molecule has 14 rings (SSSR count). The van der Waals surface area contributed by atoms with Crippen LogP contribution in [0.25, 0.3) is 54.6 Å². The van der Waals surface area contributed by atoms with Crippen molar-refractivity contribution < 1.29 is 0 Å². The SMILES string of the molecule is Cc1cc(C)c(/N=C2/c3ccccc3B3c4c2cccc4-c2ccc4cc5c6c(ccc7cc3c2c4c76)-c2cccc3c2B5c2ccccc2/C3=N/c2c(C)cc(C)cc2C)c(C)c1. The Morgan fingerprint density at radius 3 is 1.11 bits per heavy atom. The highest BCUT2D eigenvalue weighted by Crippen LogP contribution is 2.45. The Morgan fingerprint density at radius 1 is 0.312 bits per heavy atom. The van der Waals surface area contributed by atoms with E-state index >= 15 is 0 Å². The third kappa shape index (κ3) is 4.63. The molecule has 0 aromatic heterocycles. The minimum absolute atomic E-state index is 0.0853. The van der Waals surface area contributed by atoms with Crippen LogP contribution in [0.4, 0.5) is 11.4 Å². The molecule has 0 amide bonds. The van der Waals surface area contributed by atoms with Gasteiger partial charge in [0, 0.05) is 0 Å². The van der Waals surface area contributed by atoms with Crippen molar-refractivity contribution in [3.63, 3.8) is 0 Å². The second-order valence-corrected chi connectivity index (χ2v) is 19.1. The van der Waals surface area contributed by atoms with Crippen molar-refractivity contribution in [1.82, 2.24) is 0 Å². The van der Waals surface area contributed by atoms with Crippen LogP contribution in [0, 0.1) is 41.5 Å². The molecule has 0 saturated carbocycles. The van der Waals surface area contributed by atoms with Gasteiger partial charge in [0.1, 0.15) is 0 Å². The molecule has 10 aromatic rings. The van der Waals surface area contributed by atoms with Gasteiger partial charge < -0.3 is 0 Å². The Balaban J connectivity index is 1.05. The molecule has 0 bridgehead atoms. The number of fused-ring (bicyclic) bond motifs is 8. The van der Waals surface area contributed by atoms with Crippen molar-refractivity contribution in [3.05, 3.63) is 201 Å². The highest BCUT2D eigenvalue weighted by molar-refractivity contribution is 7.02. The van der Waals surface area contributed by atoms with Crippen molar-refractivity contribution in [2.45, 2.75) is 41.5 Å². The van der Waals surface area contributed by atoms with Gasteiger partial charge in [-0.15, -0.1) is 0 Å². The third-order valence-electron chi connectivity index (χ3n) is 15.2. The highest BCUT2D eigenvalue weighted by Gasteiger charge is 2.43. The topological polar surface area (TPSA) is 24.7 Å². The van der Waals surface area contributed by atoms with E-state index in [1.807, 2.05) is 0 Å². The van der Waals surface area contributed by atoms with Crippen LogP contribution in [0.1, 0.15) is 55.6 Å². The number of aliphatic imine (C=N–C) groups is 2. The van der Waals surface area contributed by atoms with Crippen LogP contribution in [0.2, 0.25) is 0 Å². The average Bonchev–Trinajstić information content (AvgIpc) is 3.29. The fourth-order valence-corrected chi connectivity index (χ4v) is 13.0. The summed E-state index contributed by atoms with van der Waals surface area (Å²) in [5.41, 5.74) is 30.1. The molecule has 64 heavy (non-hydrogen) atoms. The van der Waals surface area contributed by atoms with E-state index in [4.69, 9.17) is 9.98 Å². The van der Waals surface area contributed by atoms with E-state index in [-0.39, 0.29) is 13.4 Å². The number of benzene rings is 10. The smallest absolute Gasteiger partial charge is 0.244 e. The minimum atomic E-state index is 0.0853. The summed E-state index contributed by atoms with van der Waals surface area (Å²) in [4.78, 5) is 11.2. The Morgan fingerprint density at radius 2 is 0.688 bits per heavy atom. The van der Waals surface area contributed by atoms with Crippen molar-refractivity contribution in [3.8, 4) is 22.3 Å². The van der Waals surface area contributed by atoms with Gasteiger partial charge in [0.05, 0.1) is 22.8 Å². The molecule has 4 aliphatic heterocycles. The van der Waals surface area contributed by atoms with Crippen molar-refractivity contribution in [2.75, 3.05) is 0 Å². The quantitative estimate of drug-likeness (QED) is 0.123. The predicted octanol–water partition coefficient (Wildman–Crippen LogP) is 10.4. The van der Waals surface area contributed by atoms with Gasteiger partial charge >= 0.3 is 0 Å². The Hall–Kier alpha value is -7.29. The van der Waals surface area contributed by atoms with Crippen LogP contribution in [-0.4, -0.2) is 24.8 Å². The largest absolute Gasteiger partial charge is 0.247 e. The summed E-state index contributed by atoms with van der Waals surface area (Å²) >= 11 is 0. The lowest BCUT2D eigenvalue weighted by molar-refractivity contribution is 1.28. The number of nitrogens with zero attached hydrogens (tertiary/aromatic N) is 2. The van der Waals surface area contributed by atoms with E-state index in [0.717, 1.165) is 22.8 Å². The average molecular weight is 813 g/mol. The van der Waals surface area contributed by atoms with Gasteiger partial charge in [-0.25, -0.2) is 9.98 Å². The standard InChI is InChI=1S/C60H42B2N2/c1-31-25-33(3)57(34(4)26-31)63-59-43-13-7-9-19-47(43)61-49-29-37-22-24-40-42-16-12-18-46-56(42)62(48-20-10-8-14-44(48)60(46)64-58-35(5)27-32(2)28-36(58)6)50-30-38-21-23-39(41-15-11-17-45(59)55(41)61)53(49)51(38)52(37)54(40)50/h7-30H,1-6H3/b63-59-,64-60-. The molecule has 0 saturated heterocycles. The van der Waals surface area contributed by atoms with Gasteiger partial charge in [0.2, 0.25) is 13.4 Å². The first-order chi connectivity index (χ1) is 31.2. The Kier molecular flexibility index (Phi) is 7.17. The second-order valence-electron chi connectivity index (χ2n) is 19.1. The van der Waals surface area contributed by atoms with E-state index < -0.39 is 0 Å². The van der Waals surface area contributed by atoms with E-state index in [1.165, 1.54) is 143 Å².